The number of hydrogen-bond acceptors (Lipinski definition) is 5. The number of aryl methyl sites for hydroxylation is 1. The van der Waals surface area contributed by atoms with E-state index in [0.717, 1.165) is 12.8 Å². The topological polar surface area (TPSA) is 81.7 Å². The van der Waals surface area contributed by atoms with Gasteiger partial charge in [-0.05, 0) is 37.5 Å². The molecule has 1 N–H and O–H groups in total. The van der Waals surface area contributed by atoms with Gasteiger partial charge in [0.05, 0.1) is 18.7 Å². The molecule has 166 valence electrons. The van der Waals surface area contributed by atoms with Crippen molar-refractivity contribution in [1.29, 1.82) is 0 Å². The summed E-state index contributed by atoms with van der Waals surface area (Å²) in [6.07, 6.45) is 4.49. The highest BCUT2D eigenvalue weighted by Gasteiger charge is 2.13. The van der Waals surface area contributed by atoms with Crippen molar-refractivity contribution in [3.05, 3.63) is 59.7 Å². The maximum absolute atomic E-state index is 12.3. The van der Waals surface area contributed by atoms with E-state index < -0.39 is 18.5 Å². The van der Waals surface area contributed by atoms with Crippen molar-refractivity contribution in [1.82, 2.24) is 0 Å². The van der Waals surface area contributed by atoms with Gasteiger partial charge >= 0.3 is 5.97 Å². The number of ether oxygens (including phenoxy) is 2. The van der Waals surface area contributed by atoms with Crippen LogP contribution in [0.5, 0.6) is 5.75 Å². The lowest BCUT2D eigenvalue weighted by atomic mass is 10.0. The zero-order valence-electron chi connectivity index (χ0n) is 18.3. The Kier molecular flexibility index (Phi) is 10.3. The van der Waals surface area contributed by atoms with Crippen LogP contribution in [0.25, 0.3) is 0 Å². The van der Waals surface area contributed by atoms with Crippen molar-refractivity contribution in [2.45, 2.75) is 52.4 Å². The highest BCUT2D eigenvalue weighted by molar-refractivity contribution is 5.98. The minimum Gasteiger partial charge on any atom is -0.492 e. The second-order valence-electron chi connectivity index (χ2n) is 7.22. The molecule has 2 rings (SSSR count). The molecule has 6 heteroatoms. The maximum atomic E-state index is 12.3. The second-order valence-corrected chi connectivity index (χ2v) is 7.22. The second kappa shape index (κ2) is 13.2. The number of ketones is 1. The number of esters is 1. The van der Waals surface area contributed by atoms with E-state index >= 15 is 0 Å². The van der Waals surface area contributed by atoms with Crippen molar-refractivity contribution in [3.63, 3.8) is 0 Å². The molecule has 0 spiro atoms. The molecule has 0 aromatic heterocycles. The molecule has 31 heavy (non-hydrogen) atoms. The van der Waals surface area contributed by atoms with Crippen LogP contribution in [0.2, 0.25) is 0 Å². The third-order valence-corrected chi connectivity index (χ3v) is 4.73. The number of nitrogens with one attached hydrogen (secondary N) is 1. The van der Waals surface area contributed by atoms with Crippen LogP contribution in [0.15, 0.2) is 48.5 Å². The number of Topliss-reactive ketones (excluding diaryl/α,β-unsaturated/α-hetero) is 1. The number of carbonyl (C=O) groups excluding carboxylic acids is 3. The summed E-state index contributed by atoms with van der Waals surface area (Å²) in [5.74, 6) is -0.623. The van der Waals surface area contributed by atoms with E-state index in [0.29, 0.717) is 23.6 Å². The summed E-state index contributed by atoms with van der Waals surface area (Å²) in [5, 5.41) is 2.66. The molecule has 0 atom stereocenters. The summed E-state index contributed by atoms with van der Waals surface area (Å²) in [6, 6.07) is 14.6. The average Bonchev–Trinajstić information content (AvgIpc) is 2.78. The minimum atomic E-state index is -0.585. The van der Waals surface area contributed by atoms with Gasteiger partial charge in [-0.15, -0.1) is 0 Å². The number of amides is 1. The standard InChI is InChI=1S/C25H31NO5/c1-3-5-6-9-19-12-14-20(15-13-19)22(27)16-17-25(29)31-18-24(28)26-21-10-7-8-11-23(21)30-4-2/h7-8,10-15H,3-6,9,16-18H2,1-2H3,(H,26,28). The molecule has 0 heterocycles. The Morgan fingerprint density at radius 3 is 2.35 bits per heavy atom. The van der Waals surface area contributed by atoms with Gasteiger partial charge in [0.15, 0.2) is 12.4 Å². The van der Waals surface area contributed by atoms with Gasteiger partial charge in [0.1, 0.15) is 5.75 Å². The van der Waals surface area contributed by atoms with Crippen LogP contribution in [0.3, 0.4) is 0 Å². The lowest BCUT2D eigenvalue weighted by Crippen LogP contribution is -2.21. The van der Waals surface area contributed by atoms with Gasteiger partial charge in [0.25, 0.3) is 5.91 Å². The Balaban J connectivity index is 1.72. The van der Waals surface area contributed by atoms with Crippen LogP contribution in [0, 0.1) is 0 Å². The molecule has 6 nitrogen and oxygen atoms in total. The molecular formula is C25H31NO5. The van der Waals surface area contributed by atoms with Crippen molar-refractivity contribution >= 4 is 23.3 Å². The van der Waals surface area contributed by atoms with E-state index in [2.05, 4.69) is 12.2 Å². The molecule has 0 aliphatic heterocycles. The fraction of sp³-hybridized carbons (Fsp3) is 0.400. The van der Waals surface area contributed by atoms with Crippen molar-refractivity contribution in [3.8, 4) is 5.75 Å². The predicted octanol–water partition coefficient (Wildman–Crippen LogP) is 4.96. The quantitative estimate of drug-likeness (QED) is 0.279. The molecule has 2 aromatic rings. The molecule has 0 radical (unpaired) electrons. The number of rotatable bonds is 13. The Bertz CT molecular complexity index is 860. The zero-order valence-corrected chi connectivity index (χ0v) is 18.3. The number of anilines is 1. The minimum absolute atomic E-state index is 0.0445. The fourth-order valence-electron chi connectivity index (χ4n) is 3.05. The molecule has 0 saturated carbocycles. The summed E-state index contributed by atoms with van der Waals surface area (Å²) in [7, 11) is 0. The Labute approximate surface area is 183 Å². The lowest BCUT2D eigenvalue weighted by Gasteiger charge is -2.11. The van der Waals surface area contributed by atoms with Gasteiger partial charge in [-0.3, -0.25) is 14.4 Å². The SMILES string of the molecule is CCCCCc1ccc(C(=O)CCC(=O)OCC(=O)Nc2ccccc2OCC)cc1. The van der Waals surface area contributed by atoms with E-state index in [1.165, 1.54) is 18.4 Å². The van der Waals surface area contributed by atoms with E-state index in [4.69, 9.17) is 9.47 Å². The molecule has 0 unspecified atom stereocenters. The van der Waals surface area contributed by atoms with Crippen molar-refractivity contribution in [2.75, 3.05) is 18.5 Å². The third kappa shape index (κ3) is 8.62. The van der Waals surface area contributed by atoms with Crippen LogP contribution < -0.4 is 10.1 Å². The van der Waals surface area contributed by atoms with Gasteiger partial charge in [-0.2, -0.15) is 0 Å². The lowest BCUT2D eigenvalue weighted by molar-refractivity contribution is -0.147. The first kappa shape index (κ1) is 24.1. The monoisotopic (exact) mass is 425 g/mol. The molecule has 1 amide bonds. The highest BCUT2D eigenvalue weighted by Crippen LogP contribution is 2.23. The Morgan fingerprint density at radius 1 is 0.903 bits per heavy atom. The number of benzene rings is 2. The van der Waals surface area contributed by atoms with E-state index in [1.54, 1.807) is 36.4 Å². The predicted molar refractivity (Wildman–Crippen MR) is 120 cm³/mol. The highest BCUT2D eigenvalue weighted by atomic mass is 16.5. The number of para-hydroxylation sites is 2. The van der Waals surface area contributed by atoms with Crippen LogP contribution in [-0.4, -0.2) is 30.9 Å². The molecular weight excluding hydrogens is 394 g/mol. The normalized spacial score (nSPS) is 10.4. The number of unbranched alkanes of at least 4 members (excludes halogenated alkanes) is 2. The van der Waals surface area contributed by atoms with Crippen LogP contribution >= 0.6 is 0 Å². The average molecular weight is 426 g/mol. The van der Waals surface area contributed by atoms with Crippen molar-refractivity contribution in [2.24, 2.45) is 0 Å². The van der Waals surface area contributed by atoms with E-state index in [1.807, 2.05) is 19.1 Å². The molecule has 2 aromatic carbocycles. The third-order valence-electron chi connectivity index (χ3n) is 4.73. The fourth-order valence-corrected chi connectivity index (χ4v) is 3.05. The summed E-state index contributed by atoms with van der Waals surface area (Å²) < 4.78 is 10.4. The van der Waals surface area contributed by atoms with Gasteiger partial charge in [0.2, 0.25) is 0 Å². The number of carbonyl (C=O) groups is 3. The molecule has 0 fully saturated rings. The van der Waals surface area contributed by atoms with Gasteiger partial charge in [-0.1, -0.05) is 56.2 Å². The smallest absolute Gasteiger partial charge is 0.306 e. The van der Waals surface area contributed by atoms with Gasteiger partial charge in [-0.25, -0.2) is 0 Å². The molecule has 0 bridgehead atoms. The van der Waals surface area contributed by atoms with E-state index in [-0.39, 0.29) is 18.6 Å². The van der Waals surface area contributed by atoms with Gasteiger partial charge in [0, 0.05) is 12.0 Å². The summed E-state index contributed by atoms with van der Waals surface area (Å²) in [4.78, 5) is 36.3. The summed E-state index contributed by atoms with van der Waals surface area (Å²) >= 11 is 0. The van der Waals surface area contributed by atoms with Gasteiger partial charge < -0.3 is 14.8 Å². The molecule has 0 aliphatic rings. The van der Waals surface area contributed by atoms with Crippen molar-refractivity contribution < 1.29 is 23.9 Å². The first-order valence-corrected chi connectivity index (χ1v) is 10.8. The Hall–Kier alpha value is -3.15. The number of hydrogen-bond donors (Lipinski definition) is 1. The zero-order chi connectivity index (χ0) is 22.5. The first-order valence-electron chi connectivity index (χ1n) is 10.8. The van der Waals surface area contributed by atoms with E-state index in [9.17, 15) is 14.4 Å². The molecule has 0 aliphatic carbocycles. The largest absolute Gasteiger partial charge is 0.492 e. The maximum Gasteiger partial charge on any atom is 0.306 e. The van der Waals surface area contributed by atoms with Crippen LogP contribution in [-0.2, 0) is 20.7 Å². The molecule has 0 saturated heterocycles. The van der Waals surface area contributed by atoms with Crippen LogP contribution in [0.1, 0.15) is 61.9 Å². The Morgan fingerprint density at radius 2 is 1.65 bits per heavy atom. The summed E-state index contributed by atoms with van der Waals surface area (Å²) in [5.41, 5.74) is 2.30. The first-order chi connectivity index (χ1) is 15.0. The summed E-state index contributed by atoms with van der Waals surface area (Å²) in [6.45, 7) is 4.07. The van der Waals surface area contributed by atoms with Crippen LogP contribution in [0.4, 0.5) is 5.69 Å².